The summed E-state index contributed by atoms with van der Waals surface area (Å²) in [5.41, 5.74) is 1.31. The molecule has 3 aromatic carbocycles. The molecule has 4 heteroatoms. The second-order valence-electron chi connectivity index (χ2n) is 5.10. The van der Waals surface area contributed by atoms with Crippen LogP contribution in [0.2, 0.25) is 0 Å². The second kappa shape index (κ2) is 7.33. The van der Waals surface area contributed by atoms with Gasteiger partial charge in [-0.2, -0.15) is 0 Å². The summed E-state index contributed by atoms with van der Waals surface area (Å²) in [5.74, 6) is 2.28. The minimum absolute atomic E-state index is 0.149. The summed E-state index contributed by atoms with van der Waals surface area (Å²) in [6.07, 6.45) is 1.60. The Morgan fingerprint density at radius 2 is 1.62 bits per heavy atom. The summed E-state index contributed by atoms with van der Waals surface area (Å²) < 4.78 is 10.9. The van der Waals surface area contributed by atoms with Crippen LogP contribution in [0.5, 0.6) is 23.0 Å². The molecule has 0 unspecified atom stereocenters. The zero-order chi connectivity index (χ0) is 16.8. The van der Waals surface area contributed by atoms with E-state index in [1.165, 1.54) is 0 Å². The third-order valence-corrected chi connectivity index (χ3v) is 3.38. The smallest absolute Gasteiger partial charge is 0.129 e. The molecular weight excluding hydrogens is 302 g/mol. The highest BCUT2D eigenvalue weighted by Gasteiger charge is 2.01. The molecule has 0 bridgehead atoms. The zero-order valence-electron chi connectivity index (χ0n) is 13.2. The highest BCUT2D eigenvalue weighted by molar-refractivity contribution is 5.86. The van der Waals surface area contributed by atoms with Crippen molar-refractivity contribution < 1.29 is 14.6 Å². The van der Waals surface area contributed by atoms with E-state index in [0.717, 1.165) is 11.4 Å². The fraction of sp³-hybridized carbons (Fsp3) is 0.0500. The van der Waals surface area contributed by atoms with E-state index in [2.05, 4.69) is 4.99 Å². The molecule has 24 heavy (non-hydrogen) atoms. The summed E-state index contributed by atoms with van der Waals surface area (Å²) in [6.45, 7) is 0. The topological polar surface area (TPSA) is 51.0 Å². The Morgan fingerprint density at radius 1 is 0.833 bits per heavy atom. The quantitative estimate of drug-likeness (QED) is 0.677. The summed E-state index contributed by atoms with van der Waals surface area (Å²) in [4.78, 5) is 4.39. The predicted molar refractivity (Wildman–Crippen MR) is 94.9 cm³/mol. The van der Waals surface area contributed by atoms with E-state index >= 15 is 0 Å². The van der Waals surface area contributed by atoms with E-state index in [9.17, 15) is 5.11 Å². The van der Waals surface area contributed by atoms with Gasteiger partial charge in [-0.3, -0.25) is 4.99 Å². The lowest BCUT2D eigenvalue weighted by Crippen LogP contribution is -1.87. The van der Waals surface area contributed by atoms with Gasteiger partial charge < -0.3 is 14.6 Å². The molecule has 0 heterocycles. The van der Waals surface area contributed by atoms with Crippen molar-refractivity contribution in [2.24, 2.45) is 4.99 Å². The largest absolute Gasteiger partial charge is 0.507 e. The second-order valence-corrected chi connectivity index (χ2v) is 5.10. The first-order chi connectivity index (χ1) is 11.7. The molecule has 0 fully saturated rings. The van der Waals surface area contributed by atoms with Crippen LogP contribution in [0.15, 0.2) is 77.8 Å². The Kier molecular flexibility index (Phi) is 4.77. The van der Waals surface area contributed by atoms with Crippen LogP contribution in [0.1, 0.15) is 5.56 Å². The summed E-state index contributed by atoms with van der Waals surface area (Å²) in [5, 5.41) is 9.89. The van der Waals surface area contributed by atoms with Crippen molar-refractivity contribution in [1.29, 1.82) is 0 Å². The normalized spacial score (nSPS) is 10.7. The Labute approximate surface area is 140 Å². The number of phenolic OH excluding ortho intramolecular Hbond substituents is 1. The summed E-state index contributed by atoms with van der Waals surface area (Å²) >= 11 is 0. The first-order valence-electron chi connectivity index (χ1n) is 7.48. The van der Waals surface area contributed by atoms with Crippen molar-refractivity contribution in [1.82, 2.24) is 0 Å². The molecule has 0 amide bonds. The molecule has 3 aromatic rings. The number of para-hydroxylation sites is 1. The molecule has 0 radical (unpaired) electrons. The van der Waals surface area contributed by atoms with Gasteiger partial charge in [0.15, 0.2) is 0 Å². The number of phenols is 1. The molecule has 0 aliphatic rings. The standard InChI is InChI=1S/C20H17NO3/c1-23-18-10-11-20(22)15(12-18)14-21-16-6-5-9-19(13-16)24-17-7-3-2-4-8-17/h2-14,22H,1H3. The van der Waals surface area contributed by atoms with E-state index in [-0.39, 0.29) is 5.75 Å². The fourth-order valence-electron chi connectivity index (χ4n) is 2.16. The van der Waals surface area contributed by atoms with Crippen LogP contribution in [0.3, 0.4) is 0 Å². The number of benzene rings is 3. The SMILES string of the molecule is COc1ccc(O)c(C=Nc2cccc(Oc3ccccc3)c2)c1. The number of nitrogens with zero attached hydrogens (tertiary/aromatic N) is 1. The van der Waals surface area contributed by atoms with Crippen LogP contribution in [0, 0.1) is 0 Å². The maximum atomic E-state index is 9.89. The van der Waals surface area contributed by atoms with Crippen LogP contribution < -0.4 is 9.47 Å². The Balaban J connectivity index is 1.79. The predicted octanol–water partition coefficient (Wildman–Crippen LogP) is 4.94. The monoisotopic (exact) mass is 319 g/mol. The van der Waals surface area contributed by atoms with Crippen molar-refractivity contribution in [2.45, 2.75) is 0 Å². The van der Waals surface area contributed by atoms with Gasteiger partial charge in [0.05, 0.1) is 12.8 Å². The molecule has 0 spiro atoms. The van der Waals surface area contributed by atoms with Crippen molar-refractivity contribution >= 4 is 11.9 Å². The molecule has 0 saturated heterocycles. The van der Waals surface area contributed by atoms with Crippen molar-refractivity contribution in [3.63, 3.8) is 0 Å². The summed E-state index contributed by atoms with van der Waals surface area (Å²) in [7, 11) is 1.58. The highest BCUT2D eigenvalue weighted by atomic mass is 16.5. The summed E-state index contributed by atoms with van der Waals surface area (Å²) in [6, 6.07) is 22.0. The number of rotatable bonds is 5. The van der Waals surface area contributed by atoms with E-state index in [0.29, 0.717) is 17.1 Å². The number of aromatic hydroxyl groups is 1. The van der Waals surface area contributed by atoms with Crippen LogP contribution in [0.4, 0.5) is 5.69 Å². The molecule has 0 saturated carbocycles. The first-order valence-corrected chi connectivity index (χ1v) is 7.48. The molecule has 0 aliphatic heterocycles. The third-order valence-electron chi connectivity index (χ3n) is 3.38. The van der Waals surface area contributed by atoms with Crippen LogP contribution in [-0.2, 0) is 0 Å². The molecule has 0 aliphatic carbocycles. The number of aliphatic imine (C=N–C) groups is 1. The number of hydrogen-bond acceptors (Lipinski definition) is 4. The van der Waals surface area contributed by atoms with E-state index in [4.69, 9.17) is 9.47 Å². The number of hydrogen-bond donors (Lipinski definition) is 1. The van der Waals surface area contributed by atoms with E-state index < -0.39 is 0 Å². The fourth-order valence-corrected chi connectivity index (χ4v) is 2.16. The van der Waals surface area contributed by atoms with Gasteiger partial charge in [0.25, 0.3) is 0 Å². The minimum atomic E-state index is 0.149. The van der Waals surface area contributed by atoms with Crippen LogP contribution >= 0.6 is 0 Å². The molecule has 3 rings (SSSR count). The van der Waals surface area contributed by atoms with Crippen molar-refractivity contribution in [3.8, 4) is 23.0 Å². The van der Waals surface area contributed by atoms with Gasteiger partial charge in [0, 0.05) is 17.8 Å². The molecular formula is C20H17NO3. The maximum absolute atomic E-state index is 9.89. The lowest BCUT2D eigenvalue weighted by Gasteiger charge is -2.06. The molecule has 1 N–H and O–H groups in total. The Morgan fingerprint density at radius 3 is 2.42 bits per heavy atom. The average Bonchev–Trinajstić information content (AvgIpc) is 2.62. The first kappa shape index (κ1) is 15.6. The van der Waals surface area contributed by atoms with Gasteiger partial charge in [0.1, 0.15) is 23.0 Å². The average molecular weight is 319 g/mol. The van der Waals surface area contributed by atoms with E-state index in [1.54, 1.807) is 31.5 Å². The van der Waals surface area contributed by atoms with Gasteiger partial charge in [-0.15, -0.1) is 0 Å². The maximum Gasteiger partial charge on any atom is 0.129 e. The van der Waals surface area contributed by atoms with Crippen LogP contribution in [-0.4, -0.2) is 18.4 Å². The molecule has 4 nitrogen and oxygen atoms in total. The zero-order valence-corrected chi connectivity index (χ0v) is 13.2. The highest BCUT2D eigenvalue weighted by Crippen LogP contribution is 2.26. The van der Waals surface area contributed by atoms with E-state index in [1.807, 2.05) is 54.6 Å². The van der Waals surface area contributed by atoms with Gasteiger partial charge in [-0.25, -0.2) is 0 Å². The minimum Gasteiger partial charge on any atom is -0.507 e. The Hall–Kier alpha value is -3.27. The number of methoxy groups -OCH3 is 1. The van der Waals surface area contributed by atoms with Crippen molar-refractivity contribution in [3.05, 3.63) is 78.4 Å². The molecule has 0 aromatic heterocycles. The third kappa shape index (κ3) is 3.93. The molecule has 120 valence electrons. The van der Waals surface area contributed by atoms with Gasteiger partial charge >= 0.3 is 0 Å². The van der Waals surface area contributed by atoms with Gasteiger partial charge in [0.2, 0.25) is 0 Å². The van der Waals surface area contributed by atoms with Crippen LogP contribution in [0.25, 0.3) is 0 Å². The van der Waals surface area contributed by atoms with Gasteiger partial charge in [-0.1, -0.05) is 24.3 Å². The number of ether oxygens (including phenoxy) is 2. The lowest BCUT2D eigenvalue weighted by atomic mass is 10.2. The lowest BCUT2D eigenvalue weighted by molar-refractivity contribution is 0.412. The Bertz CT molecular complexity index is 845. The van der Waals surface area contributed by atoms with Crippen molar-refractivity contribution in [2.75, 3.05) is 7.11 Å². The van der Waals surface area contributed by atoms with Gasteiger partial charge in [-0.05, 0) is 42.5 Å². The molecule has 0 atom stereocenters.